The average molecular weight is 368 g/mol. The van der Waals surface area contributed by atoms with E-state index in [0.717, 1.165) is 12.1 Å². The highest BCUT2D eigenvalue weighted by molar-refractivity contribution is 7.89. The number of nitrogens with one attached hydrogen (secondary N) is 2. The number of halogens is 1. The van der Waals surface area contributed by atoms with E-state index in [1.165, 1.54) is 38.5 Å². The van der Waals surface area contributed by atoms with E-state index in [0.29, 0.717) is 11.3 Å². The topological polar surface area (TPSA) is 93.7 Å². The lowest BCUT2D eigenvalue weighted by atomic mass is 10.2. The first-order chi connectivity index (χ1) is 11.8. The molecule has 25 heavy (non-hydrogen) atoms. The van der Waals surface area contributed by atoms with Gasteiger partial charge in [0.05, 0.1) is 19.1 Å². The molecule has 0 heterocycles. The normalized spacial score (nSPS) is 11.0. The van der Waals surface area contributed by atoms with Crippen LogP contribution in [0.4, 0.5) is 4.39 Å². The van der Waals surface area contributed by atoms with Crippen LogP contribution in [0.25, 0.3) is 0 Å². The first-order valence-electron chi connectivity index (χ1n) is 7.09. The first kappa shape index (κ1) is 18.7. The van der Waals surface area contributed by atoms with Crippen LogP contribution in [0.15, 0.2) is 41.3 Å². The van der Waals surface area contributed by atoms with E-state index in [4.69, 9.17) is 9.47 Å². The van der Waals surface area contributed by atoms with E-state index in [1.54, 1.807) is 6.92 Å². The largest absolute Gasteiger partial charge is 0.493 e. The van der Waals surface area contributed by atoms with Crippen molar-refractivity contribution in [1.82, 2.24) is 10.3 Å². The Morgan fingerprint density at radius 1 is 1.04 bits per heavy atom. The highest BCUT2D eigenvalue weighted by Crippen LogP contribution is 2.32. The van der Waals surface area contributed by atoms with E-state index in [-0.39, 0.29) is 16.2 Å². The van der Waals surface area contributed by atoms with Gasteiger partial charge in [0.15, 0.2) is 11.5 Å². The van der Waals surface area contributed by atoms with Crippen LogP contribution in [-0.4, -0.2) is 28.5 Å². The number of hydrazine groups is 1. The third-order valence-corrected chi connectivity index (χ3v) is 4.77. The third kappa shape index (κ3) is 4.25. The van der Waals surface area contributed by atoms with Crippen molar-refractivity contribution in [3.05, 3.63) is 53.3 Å². The van der Waals surface area contributed by atoms with Crippen molar-refractivity contribution in [3.63, 3.8) is 0 Å². The SMILES string of the molecule is COc1cc(C)c(S(=O)(=O)NNC(=O)c2ccc(F)cc2)cc1OC. The molecular weight excluding hydrogens is 351 g/mol. The van der Waals surface area contributed by atoms with Crippen molar-refractivity contribution in [2.75, 3.05) is 14.2 Å². The van der Waals surface area contributed by atoms with Crippen LogP contribution >= 0.6 is 0 Å². The highest BCUT2D eigenvalue weighted by Gasteiger charge is 2.21. The van der Waals surface area contributed by atoms with Crippen molar-refractivity contribution in [3.8, 4) is 11.5 Å². The van der Waals surface area contributed by atoms with Gasteiger partial charge in [-0.3, -0.25) is 10.2 Å². The Morgan fingerprint density at radius 2 is 1.60 bits per heavy atom. The van der Waals surface area contributed by atoms with Crippen molar-refractivity contribution in [2.24, 2.45) is 0 Å². The molecule has 0 aliphatic rings. The molecule has 1 amide bonds. The molecule has 0 radical (unpaired) electrons. The van der Waals surface area contributed by atoms with Gasteiger partial charge in [0.1, 0.15) is 5.82 Å². The minimum absolute atomic E-state index is 0.0791. The fourth-order valence-electron chi connectivity index (χ4n) is 2.09. The van der Waals surface area contributed by atoms with Gasteiger partial charge in [-0.15, -0.1) is 4.83 Å². The van der Waals surface area contributed by atoms with Crippen molar-refractivity contribution in [2.45, 2.75) is 11.8 Å². The number of hydrogen-bond acceptors (Lipinski definition) is 5. The number of rotatable bonds is 6. The summed E-state index contributed by atoms with van der Waals surface area (Å²) in [5, 5.41) is 0. The maximum atomic E-state index is 12.9. The van der Waals surface area contributed by atoms with Crippen LogP contribution in [0.5, 0.6) is 11.5 Å². The minimum Gasteiger partial charge on any atom is -0.493 e. The molecule has 0 aromatic heterocycles. The van der Waals surface area contributed by atoms with Gasteiger partial charge in [0.25, 0.3) is 15.9 Å². The van der Waals surface area contributed by atoms with E-state index < -0.39 is 21.7 Å². The molecule has 0 bridgehead atoms. The second kappa shape index (κ2) is 7.49. The van der Waals surface area contributed by atoms with Crippen molar-refractivity contribution in [1.29, 1.82) is 0 Å². The minimum atomic E-state index is -4.05. The molecular formula is C16H17FN2O5S. The number of benzene rings is 2. The lowest BCUT2D eigenvalue weighted by molar-refractivity contribution is 0.0945. The fourth-order valence-corrected chi connectivity index (χ4v) is 3.18. The monoisotopic (exact) mass is 368 g/mol. The van der Waals surface area contributed by atoms with E-state index in [9.17, 15) is 17.6 Å². The molecule has 9 heteroatoms. The zero-order valence-corrected chi connectivity index (χ0v) is 14.6. The molecule has 0 fully saturated rings. The van der Waals surface area contributed by atoms with Crippen LogP contribution in [-0.2, 0) is 10.0 Å². The summed E-state index contributed by atoms with van der Waals surface area (Å²) in [5.41, 5.74) is 2.59. The lowest BCUT2D eigenvalue weighted by Gasteiger charge is -2.14. The number of carbonyl (C=O) groups excluding carboxylic acids is 1. The number of hydrogen-bond donors (Lipinski definition) is 2. The number of ether oxygens (including phenoxy) is 2. The summed E-state index contributed by atoms with van der Waals surface area (Å²) in [6, 6.07) is 7.47. The standard InChI is InChI=1S/C16H17FN2O5S/c1-10-8-13(23-2)14(24-3)9-15(10)25(21,22)19-18-16(20)11-4-6-12(17)7-5-11/h4-9,19H,1-3H3,(H,18,20). The third-order valence-electron chi connectivity index (χ3n) is 3.38. The average Bonchev–Trinajstić information content (AvgIpc) is 2.59. The van der Waals surface area contributed by atoms with Crippen LogP contribution in [0.1, 0.15) is 15.9 Å². The molecule has 2 N–H and O–H groups in total. The molecule has 0 aliphatic carbocycles. The molecule has 7 nitrogen and oxygen atoms in total. The summed E-state index contributed by atoms with van der Waals surface area (Å²) in [6.45, 7) is 1.58. The Morgan fingerprint density at radius 3 is 2.16 bits per heavy atom. The maximum absolute atomic E-state index is 12.9. The van der Waals surface area contributed by atoms with Gasteiger partial charge in [0, 0.05) is 11.6 Å². The van der Waals surface area contributed by atoms with Gasteiger partial charge in [-0.05, 0) is 42.8 Å². The van der Waals surface area contributed by atoms with Crippen LogP contribution in [0.2, 0.25) is 0 Å². The molecule has 2 aromatic carbocycles. The van der Waals surface area contributed by atoms with E-state index >= 15 is 0 Å². The number of carbonyl (C=O) groups is 1. The molecule has 2 rings (SSSR count). The molecule has 2 aromatic rings. The molecule has 0 spiro atoms. The Balaban J connectivity index is 2.21. The molecule has 0 saturated carbocycles. The van der Waals surface area contributed by atoms with E-state index in [2.05, 4.69) is 5.43 Å². The number of sulfonamides is 1. The lowest BCUT2D eigenvalue weighted by Crippen LogP contribution is -2.41. The van der Waals surface area contributed by atoms with E-state index in [1.807, 2.05) is 4.83 Å². The summed E-state index contributed by atoms with van der Waals surface area (Å²) in [7, 11) is -1.23. The number of methoxy groups -OCH3 is 2. The summed E-state index contributed by atoms with van der Waals surface area (Å²) < 4.78 is 47.9. The quantitative estimate of drug-likeness (QED) is 0.758. The Hall–Kier alpha value is -2.65. The van der Waals surface area contributed by atoms with Gasteiger partial charge in [-0.25, -0.2) is 12.8 Å². The molecule has 134 valence electrons. The Bertz CT molecular complexity index is 882. The second-order valence-corrected chi connectivity index (χ2v) is 6.69. The van der Waals surface area contributed by atoms with Gasteiger partial charge in [-0.2, -0.15) is 0 Å². The van der Waals surface area contributed by atoms with Crippen molar-refractivity contribution >= 4 is 15.9 Å². The Labute approximate surface area is 144 Å². The van der Waals surface area contributed by atoms with Gasteiger partial charge < -0.3 is 9.47 Å². The predicted molar refractivity (Wildman–Crippen MR) is 88.5 cm³/mol. The Kier molecular flexibility index (Phi) is 5.60. The molecule has 0 saturated heterocycles. The number of amides is 1. The summed E-state index contributed by atoms with van der Waals surface area (Å²) >= 11 is 0. The van der Waals surface area contributed by atoms with Gasteiger partial charge >= 0.3 is 0 Å². The fraction of sp³-hybridized carbons (Fsp3) is 0.188. The zero-order valence-electron chi connectivity index (χ0n) is 13.8. The van der Waals surface area contributed by atoms with Crippen molar-refractivity contribution < 1.29 is 27.1 Å². The maximum Gasteiger partial charge on any atom is 0.266 e. The molecule has 0 atom stereocenters. The smallest absolute Gasteiger partial charge is 0.266 e. The summed E-state index contributed by atoms with van der Waals surface area (Å²) in [5.74, 6) is -0.604. The molecule has 0 unspecified atom stereocenters. The summed E-state index contributed by atoms with van der Waals surface area (Å²) in [6.07, 6.45) is 0. The molecule has 0 aliphatic heterocycles. The second-order valence-electron chi connectivity index (χ2n) is 5.04. The van der Waals surface area contributed by atoms with Crippen LogP contribution in [0, 0.1) is 12.7 Å². The van der Waals surface area contributed by atoms with Crippen LogP contribution in [0.3, 0.4) is 0 Å². The highest BCUT2D eigenvalue weighted by atomic mass is 32.2. The van der Waals surface area contributed by atoms with Gasteiger partial charge in [0.2, 0.25) is 0 Å². The zero-order chi connectivity index (χ0) is 18.6. The first-order valence-corrected chi connectivity index (χ1v) is 8.57. The predicted octanol–water partition coefficient (Wildman–Crippen LogP) is 1.77. The summed E-state index contributed by atoms with van der Waals surface area (Å²) in [4.78, 5) is 13.9. The number of aryl methyl sites for hydroxylation is 1. The van der Waals surface area contributed by atoms with Gasteiger partial charge in [-0.1, -0.05) is 0 Å². The van der Waals surface area contributed by atoms with Crippen LogP contribution < -0.4 is 19.7 Å².